The molecular weight excluding hydrogens is 456 g/mol. The summed E-state index contributed by atoms with van der Waals surface area (Å²) >= 11 is 5.92. The summed E-state index contributed by atoms with van der Waals surface area (Å²) in [6, 6.07) is 10.6. The number of aromatic nitrogens is 3. The van der Waals surface area contributed by atoms with E-state index in [-0.39, 0.29) is 24.3 Å². The molecule has 8 nitrogen and oxygen atoms in total. The highest BCUT2D eigenvalue weighted by Gasteiger charge is 2.45. The van der Waals surface area contributed by atoms with E-state index in [1.54, 1.807) is 30.5 Å². The summed E-state index contributed by atoms with van der Waals surface area (Å²) in [6.45, 7) is 3.76. The molecule has 0 radical (unpaired) electrons. The summed E-state index contributed by atoms with van der Waals surface area (Å²) < 4.78 is 17.8. The predicted molar refractivity (Wildman–Crippen MR) is 126 cm³/mol. The number of carbonyl (C=O) groups is 1. The molecule has 2 bridgehead atoms. The van der Waals surface area contributed by atoms with Crippen molar-refractivity contribution in [2.24, 2.45) is 0 Å². The Hall–Kier alpha value is -3.39. The topological polar surface area (TPSA) is 86.7 Å². The maximum Gasteiger partial charge on any atom is 0.415 e. The summed E-state index contributed by atoms with van der Waals surface area (Å²) in [4.78, 5) is 27.6. The van der Waals surface area contributed by atoms with E-state index in [1.807, 2.05) is 30.9 Å². The molecule has 176 valence electrons. The molecule has 2 atom stereocenters. The van der Waals surface area contributed by atoms with Gasteiger partial charge in [-0.05, 0) is 63.1 Å². The minimum Gasteiger partial charge on any atom is -0.474 e. The number of hydrogen-bond acceptors (Lipinski definition) is 7. The fourth-order valence-corrected chi connectivity index (χ4v) is 4.78. The normalized spacial score (nSPS) is 21.3. The van der Waals surface area contributed by atoms with E-state index in [4.69, 9.17) is 25.8 Å². The van der Waals surface area contributed by atoms with Gasteiger partial charge < -0.3 is 19.1 Å². The predicted octanol–water partition coefficient (Wildman–Crippen LogP) is 5.51. The molecule has 1 aromatic carbocycles. The van der Waals surface area contributed by atoms with Crippen molar-refractivity contribution < 1.29 is 19.0 Å². The van der Waals surface area contributed by atoms with Crippen molar-refractivity contribution >= 4 is 17.7 Å². The third kappa shape index (κ3) is 4.63. The molecule has 9 heteroatoms. The Kier molecular flexibility index (Phi) is 6.24. The van der Waals surface area contributed by atoms with Crippen LogP contribution in [0.25, 0.3) is 0 Å². The first kappa shape index (κ1) is 22.4. The number of ether oxygens (including phenoxy) is 3. The molecule has 1 amide bonds. The lowest BCUT2D eigenvalue weighted by molar-refractivity contribution is 0.0502. The van der Waals surface area contributed by atoms with Gasteiger partial charge in [0, 0.05) is 36.1 Å². The summed E-state index contributed by atoms with van der Waals surface area (Å²) in [6.07, 6.45) is 6.07. The second-order valence-corrected chi connectivity index (χ2v) is 9.06. The lowest BCUT2D eigenvalue weighted by Gasteiger charge is -2.37. The molecule has 2 aromatic heterocycles. The molecular formula is C25H25ClN4O4. The van der Waals surface area contributed by atoms with Crippen molar-refractivity contribution in [3.63, 3.8) is 0 Å². The molecule has 0 spiro atoms. The molecule has 2 aliphatic rings. The Balaban J connectivity index is 1.25. The number of carbonyl (C=O) groups excluding carboxylic acids is 1. The first-order chi connectivity index (χ1) is 16.5. The number of hydrogen-bond donors (Lipinski definition) is 0. The SMILES string of the molecule is Cc1ncccc1Oc1ncnc(OC2CC3CCC(C2)N3C(=O)Oc2ccc(Cl)cc2)c1C. The molecule has 4 heterocycles. The Bertz CT molecular complexity index is 1180. The van der Waals surface area contributed by atoms with Crippen LogP contribution in [0.5, 0.6) is 23.3 Å². The standard InChI is InChI=1S/C25H25ClN4O4/c1-15-23(28-14-29-24(15)34-22-4-3-11-27-16(22)2)32-21-12-18-7-8-19(13-21)30(18)25(31)33-20-9-5-17(26)6-10-20/h3-6,9-11,14,18-19,21H,7-8,12-13H2,1-2H3. The van der Waals surface area contributed by atoms with Crippen LogP contribution in [0.3, 0.4) is 0 Å². The lowest BCUT2D eigenvalue weighted by atomic mass is 10.0. The van der Waals surface area contributed by atoms with E-state index in [0.29, 0.717) is 41.1 Å². The largest absolute Gasteiger partial charge is 0.474 e. The zero-order chi connectivity index (χ0) is 23.7. The van der Waals surface area contributed by atoms with Gasteiger partial charge in [0.25, 0.3) is 0 Å². The van der Waals surface area contributed by atoms with Crippen LogP contribution in [0.4, 0.5) is 4.79 Å². The zero-order valence-corrected chi connectivity index (χ0v) is 19.7. The number of fused-ring (bicyclic) bond motifs is 2. The third-order valence-corrected chi connectivity index (χ3v) is 6.61. The van der Waals surface area contributed by atoms with E-state index in [0.717, 1.165) is 24.1 Å². The van der Waals surface area contributed by atoms with Crippen LogP contribution >= 0.6 is 11.6 Å². The van der Waals surface area contributed by atoms with E-state index < -0.39 is 0 Å². The highest BCUT2D eigenvalue weighted by molar-refractivity contribution is 6.30. The summed E-state index contributed by atoms with van der Waals surface area (Å²) in [5, 5.41) is 0.599. The van der Waals surface area contributed by atoms with E-state index >= 15 is 0 Å². The van der Waals surface area contributed by atoms with Gasteiger partial charge >= 0.3 is 6.09 Å². The molecule has 2 saturated heterocycles. The third-order valence-electron chi connectivity index (χ3n) is 6.35. The van der Waals surface area contributed by atoms with Gasteiger partial charge in [-0.3, -0.25) is 4.98 Å². The van der Waals surface area contributed by atoms with Crippen LogP contribution in [-0.2, 0) is 0 Å². The van der Waals surface area contributed by atoms with E-state index in [9.17, 15) is 4.79 Å². The van der Waals surface area contributed by atoms with E-state index in [2.05, 4.69) is 15.0 Å². The quantitative estimate of drug-likeness (QED) is 0.476. The van der Waals surface area contributed by atoms with Crippen LogP contribution in [-0.4, -0.2) is 44.1 Å². The monoisotopic (exact) mass is 480 g/mol. The van der Waals surface area contributed by atoms with Gasteiger partial charge in [0.1, 0.15) is 18.2 Å². The Labute approximate surface area is 202 Å². The van der Waals surface area contributed by atoms with Crippen LogP contribution < -0.4 is 14.2 Å². The minimum absolute atomic E-state index is 0.0568. The summed E-state index contributed by atoms with van der Waals surface area (Å²) in [7, 11) is 0. The van der Waals surface area contributed by atoms with Crippen LogP contribution in [0.1, 0.15) is 36.9 Å². The molecule has 0 aliphatic carbocycles. The highest BCUT2D eigenvalue weighted by atomic mass is 35.5. The van der Waals surface area contributed by atoms with Crippen molar-refractivity contribution in [3.8, 4) is 23.3 Å². The Morgan fingerprint density at radius 3 is 2.41 bits per heavy atom. The lowest BCUT2D eigenvalue weighted by Crippen LogP contribution is -2.50. The minimum atomic E-state index is -0.325. The number of rotatable bonds is 5. The van der Waals surface area contributed by atoms with Crippen molar-refractivity contribution in [1.29, 1.82) is 0 Å². The molecule has 0 saturated carbocycles. The summed E-state index contributed by atoms with van der Waals surface area (Å²) in [5.74, 6) is 2.06. The van der Waals surface area contributed by atoms with Crippen LogP contribution in [0, 0.1) is 13.8 Å². The fraction of sp³-hybridized carbons (Fsp3) is 0.360. The zero-order valence-electron chi connectivity index (χ0n) is 19.0. The maximum absolute atomic E-state index is 12.9. The number of halogens is 1. The average molecular weight is 481 g/mol. The highest BCUT2D eigenvalue weighted by Crippen LogP contribution is 2.39. The Morgan fingerprint density at radius 2 is 1.71 bits per heavy atom. The molecule has 2 aliphatic heterocycles. The van der Waals surface area contributed by atoms with Crippen molar-refractivity contribution in [3.05, 3.63) is 65.2 Å². The fourth-order valence-electron chi connectivity index (χ4n) is 4.66. The molecule has 0 N–H and O–H groups in total. The summed E-state index contributed by atoms with van der Waals surface area (Å²) in [5.41, 5.74) is 1.50. The van der Waals surface area contributed by atoms with Gasteiger partial charge in [-0.2, -0.15) is 0 Å². The van der Waals surface area contributed by atoms with Gasteiger partial charge in [-0.15, -0.1) is 0 Å². The molecule has 3 aromatic rings. The van der Waals surface area contributed by atoms with Gasteiger partial charge in [-0.25, -0.2) is 14.8 Å². The van der Waals surface area contributed by atoms with Crippen LogP contribution in [0.15, 0.2) is 48.9 Å². The first-order valence-electron chi connectivity index (χ1n) is 11.3. The second-order valence-electron chi connectivity index (χ2n) is 8.62. The van der Waals surface area contributed by atoms with Crippen molar-refractivity contribution in [2.45, 2.75) is 57.7 Å². The van der Waals surface area contributed by atoms with E-state index in [1.165, 1.54) is 6.33 Å². The molecule has 2 unspecified atom stereocenters. The number of benzene rings is 1. The van der Waals surface area contributed by atoms with Crippen molar-refractivity contribution in [1.82, 2.24) is 19.9 Å². The number of pyridine rings is 1. The first-order valence-corrected chi connectivity index (χ1v) is 11.7. The maximum atomic E-state index is 12.9. The molecule has 5 rings (SSSR count). The second kappa shape index (κ2) is 9.46. The van der Waals surface area contributed by atoms with Gasteiger partial charge in [0.2, 0.25) is 11.8 Å². The molecule has 2 fully saturated rings. The smallest absolute Gasteiger partial charge is 0.415 e. The molecule has 34 heavy (non-hydrogen) atoms. The number of aryl methyl sites for hydroxylation is 1. The number of piperidine rings is 1. The van der Waals surface area contributed by atoms with Crippen molar-refractivity contribution in [2.75, 3.05) is 0 Å². The number of amides is 1. The Morgan fingerprint density at radius 1 is 1.00 bits per heavy atom. The van der Waals surface area contributed by atoms with Crippen LogP contribution in [0.2, 0.25) is 5.02 Å². The van der Waals surface area contributed by atoms with Gasteiger partial charge in [-0.1, -0.05) is 11.6 Å². The number of nitrogens with zero attached hydrogens (tertiary/aromatic N) is 4. The van der Waals surface area contributed by atoms with Gasteiger partial charge in [0.15, 0.2) is 5.75 Å². The average Bonchev–Trinajstić information content (AvgIpc) is 3.10. The van der Waals surface area contributed by atoms with Gasteiger partial charge in [0.05, 0.1) is 11.3 Å².